The van der Waals surface area contributed by atoms with E-state index in [1.807, 2.05) is 24.0 Å². The summed E-state index contributed by atoms with van der Waals surface area (Å²) < 4.78 is 54.7. The van der Waals surface area contributed by atoms with E-state index >= 15 is 0 Å². The standard InChI is InChI=1S/C20H24F2N4O2S/c1-12-8-10-26(12)19-23-17(16-7-9-20(21,22)18(16)24-19)15-6-4-5-14(11-15)13(2)25-29(3,27)28/h4-6,11-13,25H,7-10H2,1-3H3/t12-,13+/m0/s1. The lowest BCUT2D eigenvalue weighted by atomic mass is 10.00. The van der Waals surface area contributed by atoms with Gasteiger partial charge in [-0.15, -0.1) is 0 Å². The summed E-state index contributed by atoms with van der Waals surface area (Å²) >= 11 is 0. The largest absolute Gasteiger partial charge is 0.338 e. The van der Waals surface area contributed by atoms with Crippen molar-refractivity contribution in [2.75, 3.05) is 17.7 Å². The van der Waals surface area contributed by atoms with Crippen LogP contribution in [0.3, 0.4) is 0 Å². The minimum atomic E-state index is -3.38. The van der Waals surface area contributed by atoms with Gasteiger partial charge in [0.15, 0.2) is 0 Å². The molecule has 2 aliphatic rings. The lowest BCUT2D eigenvalue weighted by Gasteiger charge is -2.39. The maximum absolute atomic E-state index is 14.5. The first-order chi connectivity index (χ1) is 13.5. The molecule has 0 unspecified atom stereocenters. The number of nitrogens with zero attached hydrogens (tertiary/aromatic N) is 3. The van der Waals surface area contributed by atoms with Crippen LogP contribution in [0, 0.1) is 0 Å². The fourth-order valence-electron chi connectivity index (χ4n) is 3.94. The number of halogens is 2. The molecule has 2 heterocycles. The number of nitrogens with one attached hydrogen (secondary N) is 1. The predicted molar refractivity (Wildman–Crippen MR) is 108 cm³/mol. The number of benzene rings is 1. The van der Waals surface area contributed by atoms with Gasteiger partial charge >= 0.3 is 0 Å². The lowest BCUT2D eigenvalue weighted by molar-refractivity contribution is -0.00595. The Balaban J connectivity index is 1.80. The van der Waals surface area contributed by atoms with Crippen molar-refractivity contribution in [1.82, 2.24) is 14.7 Å². The van der Waals surface area contributed by atoms with Gasteiger partial charge in [0, 0.05) is 36.2 Å². The fraction of sp³-hybridized carbons (Fsp3) is 0.500. The zero-order chi connectivity index (χ0) is 21.0. The Morgan fingerprint density at radius 3 is 2.69 bits per heavy atom. The van der Waals surface area contributed by atoms with Gasteiger partial charge in [0.05, 0.1) is 11.9 Å². The molecule has 1 aliphatic heterocycles. The van der Waals surface area contributed by atoms with Gasteiger partial charge in [0.1, 0.15) is 5.69 Å². The Kier molecular flexibility index (Phi) is 4.85. The predicted octanol–water partition coefficient (Wildman–Crippen LogP) is 3.39. The van der Waals surface area contributed by atoms with Crippen LogP contribution in [0.1, 0.15) is 49.6 Å². The van der Waals surface area contributed by atoms with Crippen LogP contribution in [0.2, 0.25) is 0 Å². The van der Waals surface area contributed by atoms with Crippen molar-refractivity contribution in [2.45, 2.75) is 51.1 Å². The Morgan fingerprint density at radius 2 is 2.07 bits per heavy atom. The molecule has 156 valence electrons. The molecule has 1 aromatic heterocycles. The van der Waals surface area contributed by atoms with E-state index in [9.17, 15) is 17.2 Å². The molecule has 2 aromatic rings. The molecule has 2 atom stereocenters. The van der Waals surface area contributed by atoms with Gasteiger partial charge in [-0.3, -0.25) is 0 Å². The Hall–Kier alpha value is -2.13. The number of hydrogen-bond donors (Lipinski definition) is 1. The quantitative estimate of drug-likeness (QED) is 0.800. The van der Waals surface area contributed by atoms with Crippen LogP contribution in [0.25, 0.3) is 11.3 Å². The number of rotatable bonds is 5. The highest BCUT2D eigenvalue weighted by atomic mass is 32.2. The van der Waals surface area contributed by atoms with Crippen molar-refractivity contribution in [2.24, 2.45) is 0 Å². The minimum Gasteiger partial charge on any atom is -0.338 e. The molecule has 0 saturated carbocycles. The summed E-state index contributed by atoms with van der Waals surface area (Å²) in [6, 6.07) is 7.00. The smallest absolute Gasteiger partial charge is 0.290 e. The zero-order valence-electron chi connectivity index (χ0n) is 16.6. The third-order valence-corrected chi connectivity index (χ3v) is 6.44. The molecule has 6 nitrogen and oxygen atoms in total. The van der Waals surface area contributed by atoms with E-state index in [-0.39, 0.29) is 24.6 Å². The summed E-state index contributed by atoms with van der Waals surface area (Å²) in [6.07, 6.45) is 2.03. The first-order valence-electron chi connectivity index (χ1n) is 9.68. The van der Waals surface area contributed by atoms with Crippen molar-refractivity contribution < 1.29 is 17.2 Å². The van der Waals surface area contributed by atoms with Gasteiger partial charge in [0.2, 0.25) is 16.0 Å². The molecule has 29 heavy (non-hydrogen) atoms. The minimum absolute atomic E-state index is 0.177. The van der Waals surface area contributed by atoms with E-state index in [2.05, 4.69) is 14.7 Å². The Labute approximate surface area is 169 Å². The van der Waals surface area contributed by atoms with Crippen LogP contribution >= 0.6 is 0 Å². The molecule has 1 aliphatic carbocycles. The number of fused-ring (bicyclic) bond motifs is 1. The average Bonchev–Trinajstić information content (AvgIpc) is 2.94. The number of sulfonamides is 1. The van der Waals surface area contributed by atoms with Gasteiger partial charge in [-0.1, -0.05) is 18.2 Å². The molecule has 9 heteroatoms. The Morgan fingerprint density at radius 1 is 1.31 bits per heavy atom. The molecule has 0 spiro atoms. The summed E-state index contributed by atoms with van der Waals surface area (Å²) in [5.74, 6) is -2.62. The molecule has 1 saturated heterocycles. The van der Waals surface area contributed by atoms with Crippen molar-refractivity contribution in [3.05, 3.63) is 41.1 Å². The molecule has 1 fully saturated rings. The summed E-state index contributed by atoms with van der Waals surface area (Å²) in [5.41, 5.74) is 2.24. The maximum atomic E-state index is 14.5. The molecule has 1 aromatic carbocycles. The number of aromatic nitrogens is 2. The summed E-state index contributed by atoms with van der Waals surface area (Å²) in [4.78, 5) is 10.9. The van der Waals surface area contributed by atoms with E-state index in [0.29, 0.717) is 22.8 Å². The van der Waals surface area contributed by atoms with Gasteiger partial charge in [-0.25, -0.2) is 23.1 Å². The lowest BCUT2D eigenvalue weighted by Crippen LogP contribution is -2.47. The molecular weight excluding hydrogens is 398 g/mol. The first-order valence-corrected chi connectivity index (χ1v) is 11.6. The molecule has 0 amide bonds. The van der Waals surface area contributed by atoms with Crippen molar-refractivity contribution in [3.63, 3.8) is 0 Å². The van der Waals surface area contributed by atoms with E-state index in [4.69, 9.17) is 0 Å². The normalized spacial score (nSPS) is 21.6. The SMILES string of the molecule is C[C@@H](NS(C)(=O)=O)c1cccc(-c2nc(N3CC[C@@H]3C)nc3c2CCC3(F)F)c1. The highest BCUT2D eigenvalue weighted by Gasteiger charge is 2.44. The van der Waals surface area contributed by atoms with Crippen LogP contribution in [0.4, 0.5) is 14.7 Å². The van der Waals surface area contributed by atoms with Crippen LogP contribution in [0.15, 0.2) is 24.3 Å². The highest BCUT2D eigenvalue weighted by molar-refractivity contribution is 7.88. The first kappa shape index (κ1) is 20.2. The number of hydrogen-bond acceptors (Lipinski definition) is 5. The molecule has 1 N–H and O–H groups in total. The second-order valence-corrected chi connectivity index (χ2v) is 9.75. The molecular formula is C20H24F2N4O2S. The average molecular weight is 423 g/mol. The Bertz CT molecular complexity index is 1060. The van der Waals surface area contributed by atoms with Crippen molar-refractivity contribution >= 4 is 16.0 Å². The van der Waals surface area contributed by atoms with Gasteiger partial charge in [0.25, 0.3) is 5.92 Å². The van der Waals surface area contributed by atoms with Crippen LogP contribution in [-0.2, 0) is 22.4 Å². The van der Waals surface area contributed by atoms with E-state index in [1.54, 1.807) is 19.1 Å². The molecule has 4 rings (SSSR count). The third-order valence-electron chi connectivity index (χ3n) is 5.66. The monoisotopic (exact) mass is 422 g/mol. The van der Waals surface area contributed by atoms with E-state index in [0.717, 1.165) is 24.8 Å². The summed E-state index contributed by atoms with van der Waals surface area (Å²) in [6.45, 7) is 4.52. The van der Waals surface area contributed by atoms with E-state index < -0.39 is 22.0 Å². The zero-order valence-corrected chi connectivity index (χ0v) is 17.4. The topological polar surface area (TPSA) is 75.2 Å². The third kappa shape index (κ3) is 3.85. The van der Waals surface area contributed by atoms with Crippen molar-refractivity contribution in [3.8, 4) is 11.3 Å². The maximum Gasteiger partial charge on any atom is 0.290 e. The summed E-state index contributed by atoms with van der Waals surface area (Å²) in [5, 5.41) is 0. The van der Waals surface area contributed by atoms with Crippen LogP contribution in [0.5, 0.6) is 0 Å². The van der Waals surface area contributed by atoms with Crippen LogP contribution < -0.4 is 9.62 Å². The second-order valence-electron chi connectivity index (χ2n) is 7.97. The summed E-state index contributed by atoms with van der Waals surface area (Å²) in [7, 11) is -3.38. The van der Waals surface area contributed by atoms with E-state index in [1.165, 1.54) is 0 Å². The fourth-order valence-corrected chi connectivity index (χ4v) is 4.72. The van der Waals surface area contributed by atoms with Gasteiger partial charge in [-0.05, 0) is 38.3 Å². The van der Waals surface area contributed by atoms with Gasteiger partial charge in [-0.2, -0.15) is 8.78 Å². The van der Waals surface area contributed by atoms with Crippen LogP contribution in [-0.4, -0.2) is 37.2 Å². The van der Waals surface area contributed by atoms with Crippen molar-refractivity contribution in [1.29, 1.82) is 0 Å². The highest BCUT2D eigenvalue weighted by Crippen LogP contribution is 2.45. The number of anilines is 1. The molecule has 0 bridgehead atoms. The molecule has 0 radical (unpaired) electrons. The second kappa shape index (κ2) is 6.98. The van der Waals surface area contributed by atoms with Gasteiger partial charge < -0.3 is 4.90 Å². The number of alkyl halides is 2.